The summed E-state index contributed by atoms with van der Waals surface area (Å²) in [6, 6.07) is 8.19. The molecular weight excluding hydrogens is 184 g/mol. The van der Waals surface area contributed by atoms with E-state index < -0.39 is 0 Å². The van der Waals surface area contributed by atoms with Crippen LogP contribution in [-0.4, -0.2) is 9.55 Å². The van der Waals surface area contributed by atoms with Crippen LogP contribution >= 0.6 is 0 Å². The maximum atomic E-state index is 5.40. The zero-order valence-electron chi connectivity index (χ0n) is 8.48. The van der Waals surface area contributed by atoms with Gasteiger partial charge in [-0.2, -0.15) is 0 Å². The Kier molecular flexibility index (Phi) is 1.78. The third-order valence-electron chi connectivity index (χ3n) is 2.88. The van der Waals surface area contributed by atoms with Crippen LogP contribution in [-0.2, 0) is 6.54 Å². The Morgan fingerprint density at radius 1 is 1.40 bits per heavy atom. The van der Waals surface area contributed by atoms with Crippen LogP contribution < -0.4 is 0 Å². The largest absolute Gasteiger partial charge is 0.316 e. The number of aromatic nitrogens is 2. The van der Waals surface area contributed by atoms with Gasteiger partial charge in [0, 0.05) is 5.92 Å². The molecule has 0 atom stereocenters. The molecule has 3 rings (SSSR count). The molecule has 74 valence electrons. The number of hydrogen-bond acceptors (Lipinski definition) is 1. The summed E-state index contributed by atoms with van der Waals surface area (Å²) in [6.07, 6.45) is 7.92. The number of para-hydroxylation sites is 2. The van der Waals surface area contributed by atoms with E-state index in [1.807, 2.05) is 18.2 Å². The topological polar surface area (TPSA) is 17.8 Å². The van der Waals surface area contributed by atoms with Crippen molar-refractivity contribution in [3.63, 3.8) is 0 Å². The highest BCUT2D eigenvalue weighted by molar-refractivity contribution is 5.76. The minimum Gasteiger partial charge on any atom is -0.316 e. The van der Waals surface area contributed by atoms with Gasteiger partial charge in [0.05, 0.1) is 17.6 Å². The molecule has 1 aromatic carbocycles. The van der Waals surface area contributed by atoms with Crippen molar-refractivity contribution in [2.24, 2.45) is 0 Å². The molecule has 1 aliphatic carbocycles. The predicted molar refractivity (Wildman–Crippen MR) is 60.5 cm³/mol. The normalized spacial score (nSPS) is 15.4. The van der Waals surface area contributed by atoms with Crippen LogP contribution in [0.15, 0.2) is 24.3 Å². The van der Waals surface area contributed by atoms with Crippen LogP contribution in [0.4, 0.5) is 0 Å². The van der Waals surface area contributed by atoms with E-state index in [0.29, 0.717) is 12.5 Å². The number of hydrogen-bond donors (Lipinski definition) is 0. The quantitative estimate of drug-likeness (QED) is 0.675. The van der Waals surface area contributed by atoms with E-state index >= 15 is 0 Å². The average molecular weight is 196 g/mol. The summed E-state index contributed by atoms with van der Waals surface area (Å²) in [6.45, 7) is 0.631. The predicted octanol–water partition coefficient (Wildman–Crippen LogP) is 2.55. The number of nitrogens with zero attached hydrogens (tertiary/aromatic N) is 2. The van der Waals surface area contributed by atoms with Gasteiger partial charge in [0.25, 0.3) is 0 Å². The average Bonchev–Trinajstić information content (AvgIpc) is 3.04. The van der Waals surface area contributed by atoms with Crippen molar-refractivity contribution in [2.45, 2.75) is 25.3 Å². The van der Waals surface area contributed by atoms with E-state index in [-0.39, 0.29) is 0 Å². The number of benzene rings is 1. The molecule has 2 nitrogen and oxygen atoms in total. The van der Waals surface area contributed by atoms with Crippen molar-refractivity contribution in [2.75, 3.05) is 0 Å². The van der Waals surface area contributed by atoms with Gasteiger partial charge < -0.3 is 4.57 Å². The molecule has 1 aromatic heterocycles. The summed E-state index contributed by atoms with van der Waals surface area (Å²) in [5, 5.41) is 0. The summed E-state index contributed by atoms with van der Waals surface area (Å²) in [5.74, 6) is 4.53. The van der Waals surface area contributed by atoms with Gasteiger partial charge in [-0.15, -0.1) is 6.42 Å². The zero-order valence-corrected chi connectivity index (χ0v) is 8.48. The molecule has 0 bridgehead atoms. The third-order valence-corrected chi connectivity index (χ3v) is 2.88. The first kappa shape index (κ1) is 8.55. The van der Waals surface area contributed by atoms with E-state index in [2.05, 4.69) is 21.5 Å². The molecular formula is C13H12N2. The molecule has 0 aliphatic heterocycles. The summed E-state index contributed by atoms with van der Waals surface area (Å²) >= 11 is 0. The molecule has 0 saturated heterocycles. The standard InChI is InChI=1S/C13H12N2/c1-2-9-15-12-6-4-3-5-11(12)14-13(15)10-7-8-10/h1,3-6,10H,7-9H2. The molecule has 0 amide bonds. The first-order valence-electron chi connectivity index (χ1n) is 5.29. The van der Waals surface area contributed by atoms with Gasteiger partial charge in [0.2, 0.25) is 0 Å². The Bertz CT molecular complexity index is 541. The highest BCUT2D eigenvalue weighted by Gasteiger charge is 2.29. The van der Waals surface area contributed by atoms with Crippen molar-refractivity contribution in [3.05, 3.63) is 30.1 Å². The van der Waals surface area contributed by atoms with E-state index in [0.717, 1.165) is 11.0 Å². The molecule has 1 fully saturated rings. The summed E-state index contributed by atoms with van der Waals surface area (Å²) < 4.78 is 2.17. The van der Waals surface area contributed by atoms with Crippen molar-refractivity contribution in [1.29, 1.82) is 0 Å². The van der Waals surface area contributed by atoms with E-state index in [9.17, 15) is 0 Å². The van der Waals surface area contributed by atoms with Crippen LogP contribution in [0, 0.1) is 12.3 Å². The molecule has 1 heterocycles. The second-order valence-corrected chi connectivity index (χ2v) is 4.02. The lowest BCUT2D eigenvalue weighted by atomic mass is 10.3. The molecule has 0 spiro atoms. The Hall–Kier alpha value is -1.75. The molecule has 0 radical (unpaired) electrons. The Labute approximate surface area is 88.9 Å². The number of rotatable bonds is 2. The second kappa shape index (κ2) is 3.13. The molecule has 1 saturated carbocycles. The second-order valence-electron chi connectivity index (χ2n) is 4.02. The van der Waals surface area contributed by atoms with E-state index in [1.54, 1.807) is 0 Å². The third kappa shape index (κ3) is 1.32. The van der Waals surface area contributed by atoms with Crippen LogP contribution in [0.2, 0.25) is 0 Å². The fourth-order valence-corrected chi connectivity index (χ4v) is 2.00. The Morgan fingerprint density at radius 3 is 2.93 bits per heavy atom. The van der Waals surface area contributed by atoms with Gasteiger partial charge in [-0.3, -0.25) is 0 Å². The minimum atomic E-state index is 0.631. The van der Waals surface area contributed by atoms with E-state index in [4.69, 9.17) is 6.42 Å². The maximum absolute atomic E-state index is 5.40. The first-order chi connectivity index (χ1) is 7.40. The molecule has 15 heavy (non-hydrogen) atoms. The summed E-state index contributed by atoms with van der Waals surface area (Å²) in [7, 11) is 0. The monoisotopic (exact) mass is 196 g/mol. The molecule has 0 N–H and O–H groups in total. The fourth-order valence-electron chi connectivity index (χ4n) is 2.00. The summed E-state index contributed by atoms with van der Waals surface area (Å²) in [4.78, 5) is 4.66. The smallest absolute Gasteiger partial charge is 0.113 e. The minimum absolute atomic E-state index is 0.631. The maximum Gasteiger partial charge on any atom is 0.113 e. The van der Waals surface area contributed by atoms with Gasteiger partial charge in [0.15, 0.2) is 0 Å². The highest BCUT2D eigenvalue weighted by Crippen LogP contribution is 2.40. The first-order valence-corrected chi connectivity index (χ1v) is 5.29. The SMILES string of the molecule is C#CCn1c(C2CC2)nc2ccccc21. The summed E-state index contributed by atoms with van der Waals surface area (Å²) in [5.41, 5.74) is 2.23. The molecule has 1 aliphatic rings. The number of fused-ring (bicyclic) bond motifs is 1. The number of imidazole rings is 1. The Balaban J connectivity index is 2.24. The molecule has 2 aromatic rings. The zero-order chi connectivity index (χ0) is 10.3. The lowest BCUT2D eigenvalue weighted by Crippen LogP contribution is -2.00. The molecule has 2 heteroatoms. The van der Waals surface area contributed by atoms with Crippen LogP contribution in [0.25, 0.3) is 11.0 Å². The fraction of sp³-hybridized carbons (Fsp3) is 0.308. The van der Waals surface area contributed by atoms with Gasteiger partial charge in [-0.05, 0) is 25.0 Å². The number of terminal acetylenes is 1. The lowest BCUT2D eigenvalue weighted by molar-refractivity contribution is 0.775. The highest BCUT2D eigenvalue weighted by atomic mass is 15.1. The van der Waals surface area contributed by atoms with Crippen molar-refractivity contribution in [1.82, 2.24) is 9.55 Å². The van der Waals surface area contributed by atoms with Crippen LogP contribution in [0.3, 0.4) is 0 Å². The van der Waals surface area contributed by atoms with Gasteiger partial charge in [0.1, 0.15) is 5.82 Å². The van der Waals surface area contributed by atoms with Gasteiger partial charge in [-0.25, -0.2) is 4.98 Å². The lowest BCUT2D eigenvalue weighted by Gasteiger charge is -2.03. The van der Waals surface area contributed by atoms with Gasteiger partial charge in [-0.1, -0.05) is 18.1 Å². The van der Waals surface area contributed by atoms with E-state index in [1.165, 1.54) is 18.7 Å². The van der Waals surface area contributed by atoms with Crippen molar-refractivity contribution < 1.29 is 0 Å². The van der Waals surface area contributed by atoms with Crippen LogP contribution in [0.1, 0.15) is 24.6 Å². The molecule has 0 unspecified atom stereocenters. The van der Waals surface area contributed by atoms with Crippen molar-refractivity contribution in [3.8, 4) is 12.3 Å². The van der Waals surface area contributed by atoms with Gasteiger partial charge >= 0.3 is 0 Å². The van der Waals surface area contributed by atoms with Crippen LogP contribution in [0.5, 0.6) is 0 Å². The van der Waals surface area contributed by atoms with Crippen molar-refractivity contribution >= 4 is 11.0 Å². The Morgan fingerprint density at radius 2 is 2.20 bits per heavy atom.